The Morgan fingerprint density at radius 1 is 1.30 bits per heavy atom. The molecule has 0 bridgehead atoms. The number of aryl methyl sites for hydroxylation is 1. The first kappa shape index (κ1) is 18.5. The number of nitrogens with zero attached hydrogens (tertiary/aromatic N) is 3. The van der Waals surface area contributed by atoms with Gasteiger partial charge in [0.05, 0.1) is 11.9 Å². The van der Waals surface area contributed by atoms with E-state index in [0.717, 1.165) is 11.1 Å². The average molecular weight is 365 g/mol. The van der Waals surface area contributed by atoms with E-state index < -0.39 is 11.2 Å². The van der Waals surface area contributed by atoms with Crippen LogP contribution in [0.1, 0.15) is 31.5 Å². The van der Waals surface area contributed by atoms with Crippen LogP contribution in [0.15, 0.2) is 58.6 Å². The molecular formula is C21H20FN3O2. The Balaban J connectivity index is 2.12. The maximum absolute atomic E-state index is 15.1. The molecule has 2 heterocycles. The number of pyridine rings is 2. The summed E-state index contributed by atoms with van der Waals surface area (Å²) in [6.07, 6.45) is 5.28. The maximum Gasteiger partial charge on any atom is 0.223 e. The molecule has 1 aromatic carbocycles. The first-order valence-electron chi connectivity index (χ1n) is 8.64. The van der Waals surface area contributed by atoms with E-state index in [-0.39, 0.29) is 5.75 Å². The van der Waals surface area contributed by atoms with Gasteiger partial charge in [-0.25, -0.2) is 9.38 Å². The summed E-state index contributed by atoms with van der Waals surface area (Å²) >= 11 is 0. The first-order chi connectivity index (χ1) is 12.9. The summed E-state index contributed by atoms with van der Waals surface area (Å²) in [7, 11) is 0. The summed E-state index contributed by atoms with van der Waals surface area (Å²) in [5, 5.41) is 10.3. The number of hydrogen-bond acceptors (Lipinski definition) is 4. The third-order valence-corrected chi connectivity index (χ3v) is 4.17. The molecule has 0 aliphatic carbocycles. The van der Waals surface area contributed by atoms with Crippen LogP contribution in [-0.4, -0.2) is 20.5 Å². The highest BCUT2D eigenvalue weighted by molar-refractivity contribution is 5.90. The minimum Gasteiger partial charge on any atom is -0.503 e. The van der Waals surface area contributed by atoms with E-state index in [2.05, 4.69) is 9.98 Å². The minimum absolute atomic E-state index is 0.309. The quantitative estimate of drug-likeness (QED) is 0.557. The predicted octanol–water partition coefficient (Wildman–Crippen LogP) is 4.27. The van der Waals surface area contributed by atoms with Crippen LogP contribution >= 0.6 is 0 Å². The van der Waals surface area contributed by atoms with Gasteiger partial charge in [0.15, 0.2) is 11.6 Å². The summed E-state index contributed by atoms with van der Waals surface area (Å²) in [5.74, 6) is -0.304. The van der Waals surface area contributed by atoms with Crippen LogP contribution in [0.2, 0.25) is 0 Å². The fraction of sp³-hybridized carbons (Fsp3) is 0.190. The summed E-state index contributed by atoms with van der Waals surface area (Å²) in [6.45, 7) is 5.48. The average Bonchev–Trinajstić information content (AvgIpc) is 2.64. The topological polar surface area (TPSA) is 67.5 Å². The van der Waals surface area contributed by atoms with Gasteiger partial charge in [0.25, 0.3) is 0 Å². The highest BCUT2D eigenvalue weighted by Crippen LogP contribution is 2.26. The fourth-order valence-electron chi connectivity index (χ4n) is 2.76. The molecule has 0 atom stereocenters. The largest absolute Gasteiger partial charge is 0.503 e. The van der Waals surface area contributed by atoms with Crippen LogP contribution in [0.4, 0.5) is 4.39 Å². The zero-order valence-corrected chi connectivity index (χ0v) is 15.4. The van der Waals surface area contributed by atoms with E-state index in [9.17, 15) is 9.90 Å². The molecule has 2 aromatic heterocycles. The van der Waals surface area contributed by atoms with Crippen molar-refractivity contribution in [2.75, 3.05) is 0 Å². The van der Waals surface area contributed by atoms with E-state index in [1.54, 1.807) is 13.0 Å². The van der Waals surface area contributed by atoms with Gasteiger partial charge >= 0.3 is 0 Å². The number of rotatable bonds is 3. The van der Waals surface area contributed by atoms with E-state index in [4.69, 9.17) is 0 Å². The van der Waals surface area contributed by atoms with Crippen LogP contribution in [0.3, 0.4) is 0 Å². The first-order valence-corrected chi connectivity index (χ1v) is 8.64. The standard InChI is InChI=1S/C21H20FN3O2/c1-4-5-17(24-14(3)25-11-10-18(26)19(27)12-25)16-9-8-15-7-6-13(2)23-21(15)20(16)22/h5-12,27H,4H2,1-3H3/b17-5-,24-14+. The fourth-order valence-corrected chi connectivity index (χ4v) is 2.76. The molecule has 138 valence electrons. The lowest BCUT2D eigenvalue weighted by atomic mass is 10.1. The molecule has 0 unspecified atom stereocenters. The normalized spacial score (nSPS) is 12.6. The molecule has 3 rings (SSSR count). The van der Waals surface area contributed by atoms with Crippen molar-refractivity contribution in [1.29, 1.82) is 0 Å². The number of benzene rings is 1. The third kappa shape index (κ3) is 3.79. The van der Waals surface area contributed by atoms with Gasteiger partial charge in [0.2, 0.25) is 5.43 Å². The molecular weight excluding hydrogens is 345 g/mol. The van der Waals surface area contributed by atoms with Gasteiger partial charge < -0.3 is 9.67 Å². The zero-order chi connectivity index (χ0) is 19.6. The van der Waals surface area contributed by atoms with Crippen molar-refractivity contribution in [3.05, 3.63) is 76.1 Å². The van der Waals surface area contributed by atoms with Gasteiger partial charge in [-0.1, -0.05) is 25.1 Å². The second-order valence-corrected chi connectivity index (χ2v) is 6.21. The van der Waals surface area contributed by atoms with Crippen molar-refractivity contribution in [3.8, 4) is 5.75 Å². The van der Waals surface area contributed by atoms with Crippen LogP contribution in [-0.2, 0) is 0 Å². The van der Waals surface area contributed by atoms with Gasteiger partial charge in [0.1, 0.15) is 11.4 Å². The zero-order valence-electron chi connectivity index (χ0n) is 15.4. The van der Waals surface area contributed by atoms with E-state index in [1.165, 1.54) is 23.0 Å². The Bertz CT molecular complexity index is 1130. The Morgan fingerprint density at radius 2 is 2.04 bits per heavy atom. The molecule has 0 fully saturated rings. The lowest BCUT2D eigenvalue weighted by Crippen LogP contribution is -2.11. The Kier molecular flexibility index (Phi) is 5.16. The van der Waals surface area contributed by atoms with Crippen LogP contribution in [0.25, 0.3) is 16.6 Å². The Labute approximate surface area is 156 Å². The molecule has 3 aromatic rings. The smallest absolute Gasteiger partial charge is 0.223 e. The third-order valence-electron chi connectivity index (χ3n) is 4.17. The molecule has 0 saturated heterocycles. The van der Waals surface area contributed by atoms with E-state index in [0.29, 0.717) is 29.0 Å². The van der Waals surface area contributed by atoms with Gasteiger partial charge in [-0.05, 0) is 32.4 Å². The maximum atomic E-state index is 15.1. The SMILES string of the molecule is CC/C=C(\N=C(/C)n1ccc(=O)c(O)c1)c1ccc2ccc(C)nc2c1F. The number of hydrogen-bond donors (Lipinski definition) is 1. The van der Waals surface area contributed by atoms with Crippen molar-refractivity contribution >= 4 is 22.4 Å². The number of fused-ring (bicyclic) bond motifs is 1. The molecule has 6 heteroatoms. The van der Waals surface area contributed by atoms with Crippen molar-refractivity contribution in [3.63, 3.8) is 0 Å². The molecule has 27 heavy (non-hydrogen) atoms. The van der Waals surface area contributed by atoms with E-state index in [1.807, 2.05) is 38.1 Å². The number of allylic oxidation sites excluding steroid dienone is 1. The van der Waals surface area contributed by atoms with Gasteiger partial charge in [-0.3, -0.25) is 9.78 Å². The highest BCUT2D eigenvalue weighted by atomic mass is 19.1. The van der Waals surface area contributed by atoms with Gasteiger partial charge in [-0.2, -0.15) is 0 Å². The molecule has 5 nitrogen and oxygen atoms in total. The summed E-state index contributed by atoms with van der Waals surface area (Å²) in [5.41, 5.74) is 1.40. The van der Waals surface area contributed by atoms with Crippen LogP contribution in [0.5, 0.6) is 5.75 Å². The van der Waals surface area contributed by atoms with Crippen molar-refractivity contribution in [1.82, 2.24) is 9.55 Å². The molecule has 0 radical (unpaired) electrons. The van der Waals surface area contributed by atoms with Crippen molar-refractivity contribution < 1.29 is 9.50 Å². The predicted molar refractivity (Wildman–Crippen MR) is 106 cm³/mol. The van der Waals surface area contributed by atoms with Crippen LogP contribution < -0.4 is 5.43 Å². The second-order valence-electron chi connectivity index (χ2n) is 6.21. The van der Waals surface area contributed by atoms with Gasteiger partial charge in [-0.15, -0.1) is 0 Å². The Hall–Kier alpha value is -3.28. The van der Waals surface area contributed by atoms with Gasteiger partial charge in [0, 0.05) is 28.9 Å². The number of halogens is 1. The van der Waals surface area contributed by atoms with Crippen molar-refractivity contribution in [2.45, 2.75) is 27.2 Å². The summed E-state index contributed by atoms with van der Waals surface area (Å²) in [6, 6.07) is 8.44. The molecule has 0 amide bonds. The highest BCUT2D eigenvalue weighted by Gasteiger charge is 2.13. The molecule has 1 N–H and O–H groups in total. The van der Waals surface area contributed by atoms with E-state index >= 15 is 4.39 Å². The second kappa shape index (κ2) is 7.53. The molecule has 0 aliphatic rings. The number of aromatic hydroxyl groups is 1. The van der Waals surface area contributed by atoms with Crippen molar-refractivity contribution in [2.24, 2.45) is 4.99 Å². The lowest BCUT2D eigenvalue weighted by Gasteiger charge is -2.10. The summed E-state index contributed by atoms with van der Waals surface area (Å²) in [4.78, 5) is 20.2. The molecule has 0 spiro atoms. The Morgan fingerprint density at radius 3 is 2.74 bits per heavy atom. The summed E-state index contributed by atoms with van der Waals surface area (Å²) < 4.78 is 16.6. The molecule has 0 saturated carbocycles. The molecule has 0 aliphatic heterocycles. The number of aromatic nitrogens is 2. The lowest BCUT2D eigenvalue weighted by molar-refractivity contribution is 0.466. The monoisotopic (exact) mass is 365 g/mol. The minimum atomic E-state index is -0.467. The number of aliphatic imine (C=N–C) groups is 1. The van der Waals surface area contributed by atoms with Crippen LogP contribution in [0, 0.1) is 12.7 Å².